The zero-order valence-corrected chi connectivity index (χ0v) is 10.6. The van der Waals surface area contributed by atoms with Gasteiger partial charge in [0.15, 0.2) is 5.78 Å². The number of rotatable bonds is 0. The molecule has 0 amide bonds. The molecule has 3 rings (SSSR count). The van der Waals surface area contributed by atoms with Gasteiger partial charge in [-0.15, -0.1) is 0 Å². The lowest BCUT2D eigenvalue weighted by molar-refractivity contribution is -0.111. The summed E-state index contributed by atoms with van der Waals surface area (Å²) in [6.45, 7) is 9.04. The van der Waals surface area contributed by atoms with Gasteiger partial charge in [-0.3, -0.25) is 4.79 Å². The van der Waals surface area contributed by atoms with E-state index in [2.05, 4.69) is 27.7 Å². The largest absolute Gasteiger partial charge is 0.290 e. The molecule has 1 fully saturated rings. The maximum absolute atomic E-state index is 12.0. The summed E-state index contributed by atoms with van der Waals surface area (Å²) < 4.78 is 0. The molecule has 1 nitrogen and oxygen atoms in total. The van der Waals surface area contributed by atoms with Crippen LogP contribution in [0.4, 0.5) is 0 Å². The standard InChI is InChI=1S/C15H20O/c1-8-5-6-10-14(15(10,3)4)13-9(2)7-11(16)12(8)13/h7,10,13-14H,5-6H2,1-4H3/t10-,13-,14-/m1/s1. The van der Waals surface area contributed by atoms with Crippen LogP contribution in [0.15, 0.2) is 22.8 Å². The first-order valence-electron chi connectivity index (χ1n) is 6.36. The second kappa shape index (κ2) is 2.88. The smallest absolute Gasteiger partial charge is 0.182 e. The van der Waals surface area contributed by atoms with Gasteiger partial charge in [0.2, 0.25) is 0 Å². The molecule has 0 aliphatic heterocycles. The van der Waals surface area contributed by atoms with E-state index in [4.69, 9.17) is 0 Å². The van der Waals surface area contributed by atoms with Crippen LogP contribution in [-0.2, 0) is 4.79 Å². The number of fused-ring (bicyclic) bond motifs is 3. The number of carbonyl (C=O) groups is 1. The number of carbonyl (C=O) groups excluding carboxylic acids is 1. The minimum Gasteiger partial charge on any atom is -0.290 e. The topological polar surface area (TPSA) is 17.1 Å². The van der Waals surface area contributed by atoms with Crippen molar-refractivity contribution in [1.29, 1.82) is 0 Å². The predicted molar refractivity (Wildman–Crippen MR) is 64.9 cm³/mol. The number of ketones is 1. The molecule has 3 atom stereocenters. The van der Waals surface area contributed by atoms with Crippen molar-refractivity contribution in [2.45, 2.75) is 40.5 Å². The van der Waals surface area contributed by atoms with Crippen molar-refractivity contribution in [3.63, 3.8) is 0 Å². The lowest BCUT2D eigenvalue weighted by Gasteiger charge is -2.17. The van der Waals surface area contributed by atoms with E-state index in [0.717, 1.165) is 23.8 Å². The average molecular weight is 216 g/mol. The molecule has 0 spiro atoms. The number of hydrogen-bond acceptors (Lipinski definition) is 1. The van der Waals surface area contributed by atoms with Gasteiger partial charge in [0, 0.05) is 11.5 Å². The number of hydrogen-bond donors (Lipinski definition) is 0. The molecule has 3 aliphatic rings. The van der Waals surface area contributed by atoms with Crippen LogP contribution in [-0.4, -0.2) is 5.78 Å². The highest BCUT2D eigenvalue weighted by atomic mass is 16.1. The lowest BCUT2D eigenvalue weighted by Crippen LogP contribution is -2.12. The fraction of sp³-hybridized carbons (Fsp3) is 0.667. The summed E-state index contributed by atoms with van der Waals surface area (Å²) in [6, 6.07) is 0. The average Bonchev–Trinajstić information content (AvgIpc) is 2.65. The molecule has 86 valence electrons. The van der Waals surface area contributed by atoms with Crippen LogP contribution < -0.4 is 0 Å². The molecule has 0 N–H and O–H groups in total. The van der Waals surface area contributed by atoms with E-state index in [9.17, 15) is 4.79 Å². The molecule has 16 heavy (non-hydrogen) atoms. The molecule has 1 saturated carbocycles. The third-order valence-corrected chi connectivity index (χ3v) is 5.21. The Bertz CT molecular complexity index is 436. The van der Waals surface area contributed by atoms with Gasteiger partial charge in [0.05, 0.1) is 0 Å². The molecule has 0 aromatic rings. The molecule has 0 heterocycles. The predicted octanol–water partition coefficient (Wildman–Crippen LogP) is 3.51. The van der Waals surface area contributed by atoms with E-state index in [1.807, 2.05) is 6.08 Å². The molecule has 0 unspecified atom stereocenters. The van der Waals surface area contributed by atoms with Crippen LogP contribution in [0, 0.1) is 23.2 Å². The Morgan fingerprint density at radius 3 is 2.69 bits per heavy atom. The van der Waals surface area contributed by atoms with Gasteiger partial charge < -0.3 is 0 Å². The Kier molecular flexibility index (Phi) is 1.86. The zero-order valence-electron chi connectivity index (χ0n) is 10.6. The summed E-state index contributed by atoms with van der Waals surface area (Å²) in [5, 5.41) is 0. The molecule has 3 aliphatic carbocycles. The summed E-state index contributed by atoms with van der Waals surface area (Å²) in [4.78, 5) is 12.0. The highest BCUT2D eigenvalue weighted by Gasteiger charge is 2.63. The summed E-state index contributed by atoms with van der Waals surface area (Å²) in [5.41, 5.74) is 4.26. The molecule has 0 saturated heterocycles. The highest BCUT2D eigenvalue weighted by molar-refractivity contribution is 6.08. The fourth-order valence-electron chi connectivity index (χ4n) is 4.20. The van der Waals surface area contributed by atoms with Gasteiger partial charge in [-0.25, -0.2) is 0 Å². The van der Waals surface area contributed by atoms with Gasteiger partial charge >= 0.3 is 0 Å². The van der Waals surface area contributed by atoms with Crippen LogP contribution >= 0.6 is 0 Å². The van der Waals surface area contributed by atoms with Crippen molar-refractivity contribution < 1.29 is 4.79 Å². The van der Waals surface area contributed by atoms with E-state index < -0.39 is 0 Å². The van der Waals surface area contributed by atoms with E-state index in [-0.39, 0.29) is 0 Å². The summed E-state index contributed by atoms with van der Waals surface area (Å²) >= 11 is 0. The maximum Gasteiger partial charge on any atom is 0.182 e. The summed E-state index contributed by atoms with van der Waals surface area (Å²) in [6.07, 6.45) is 4.29. The number of allylic oxidation sites excluding steroid dienone is 4. The van der Waals surface area contributed by atoms with Crippen molar-refractivity contribution in [3.8, 4) is 0 Å². The maximum atomic E-state index is 12.0. The Labute approximate surface area is 97.6 Å². The first kappa shape index (κ1) is 10.3. The summed E-state index contributed by atoms with van der Waals surface area (Å²) in [7, 11) is 0. The molecule has 0 aromatic carbocycles. The zero-order chi connectivity index (χ0) is 11.7. The van der Waals surface area contributed by atoms with Gasteiger partial charge in [-0.1, -0.05) is 25.0 Å². The first-order chi connectivity index (χ1) is 7.44. The van der Waals surface area contributed by atoms with Gasteiger partial charge in [-0.2, -0.15) is 0 Å². The Balaban J connectivity index is 2.09. The normalized spacial score (nSPS) is 40.1. The first-order valence-corrected chi connectivity index (χ1v) is 6.36. The lowest BCUT2D eigenvalue weighted by atomic mass is 9.86. The fourth-order valence-corrected chi connectivity index (χ4v) is 4.20. The molecule has 0 bridgehead atoms. The second-order valence-electron chi connectivity index (χ2n) is 6.42. The van der Waals surface area contributed by atoms with Crippen LogP contribution in [0.25, 0.3) is 0 Å². The van der Waals surface area contributed by atoms with E-state index in [1.54, 1.807) is 0 Å². The van der Waals surface area contributed by atoms with E-state index >= 15 is 0 Å². The van der Waals surface area contributed by atoms with E-state index in [0.29, 0.717) is 17.1 Å². The monoisotopic (exact) mass is 216 g/mol. The third-order valence-electron chi connectivity index (χ3n) is 5.21. The highest BCUT2D eigenvalue weighted by Crippen LogP contribution is 2.68. The Hall–Kier alpha value is -0.850. The van der Waals surface area contributed by atoms with Crippen molar-refractivity contribution in [2.24, 2.45) is 23.2 Å². The van der Waals surface area contributed by atoms with Crippen LogP contribution in [0.1, 0.15) is 40.5 Å². The molecule has 0 aromatic heterocycles. The van der Waals surface area contributed by atoms with Crippen LogP contribution in [0.5, 0.6) is 0 Å². The molecular weight excluding hydrogens is 196 g/mol. The third kappa shape index (κ3) is 1.09. The summed E-state index contributed by atoms with van der Waals surface area (Å²) in [5.74, 6) is 2.31. The van der Waals surface area contributed by atoms with Crippen molar-refractivity contribution in [1.82, 2.24) is 0 Å². The van der Waals surface area contributed by atoms with Crippen molar-refractivity contribution in [2.75, 3.05) is 0 Å². The van der Waals surface area contributed by atoms with Gasteiger partial charge in [0.1, 0.15) is 0 Å². The van der Waals surface area contributed by atoms with E-state index in [1.165, 1.54) is 17.6 Å². The Morgan fingerprint density at radius 2 is 2.00 bits per heavy atom. The minimum atomic E-state index is 0.295. The molecule has 0 radical (unpaired) electrons. The van der Waals surface area contributed by atoms with Crippen LogP contribution in [0.2, 0.25) is 0 Å². The second-order valence-corrected chi connectivity index (χ2v) is 6.42. The molecular formula is C15H20O. The van der Waals surface area contributed by atoms with Gasteiger partial charge in [-0.05, 0) is 50.0 Å². The molecule has 1 heteroatoms. The van der Waals surface area contributed by atoms with Gasteiger partial charge in [0.25, 0.3) is 0 Å². The van der Waals surface area contributed by atoms with Crippen molar-refractivity contribution in [3.05, 3.63) is 22.8 Å². The minimum absolute atomic E-state index is 0.295. The Morgan fingerprint density at radius 1 is 1.31 bits per heavy atom. The SMILES string of the molecule is CC1=CC(=O)C2=C(C)CC[C@@H]3[C@H]([C@H]12)C3(C)C. The quantitative estimate of drug-likeness (QED) is 0.605. The van der Waals surface area contributed by atoms with Crippen LogP contribution in [0.3, 0.4) is 0 Å². The van der Waals surface area contributed by atoms with Crippen molar-refractivity contribution >= 4 is 5.78 Å².